The zero-order valence-electron chi connectivity index (χ0n) is 17.1. The van der Waals surface area contributed by atoms with Crippen LogP contribution in [0.4, 0.5) is 0 Å². The molecule has 0 bridgehead atoms. The molecule has 2 aromatic heterocycles. The fourth-order valence-corrected chi connectivity index (χ4v) is 5.11. The van der Waals surface area contributed by atoms with E-state index in [1.165, 1.54) is 6.20 Å². The molecule has 1 aromatic carbocycles. The molecule has 0 unspecified atom stereocenters. The smallest absolute Gasteiger partial charge is 0.208 e. The molecule has 0 N–H and O–H groups in total. The third-order valence-corrected chi connectivity index (χ3v) is 7.16. The lowest BCUT2D eigenvalue weighted by Crippen LogP contribution is -2.25. The van der Waals surface area contributed by atoms with E-state index in [1.54, 1.807) is 30.5 Å². The van der Waals surface area contributed by atoms with Gasteiger partial charge in [-0.3, -0.25) is 4.98 Å². The molecule has 7 heteroatoms. The molecule has 0 radical (unpaired) electrons. The van der Waals surface area contributed by atoms with Crippen LogP contribution in [-0.4, -0.2) is 36.2 Å². The summed E-state index contributed by atoms with van der Waals surface area (Å²) in [6, 6.07) is 8.45. The monoisotopic (exact) mass is 413 g/mol. The zero-order valence-corrected chi connectivity index (χ0v) is 17.9. The Hall–Kier alpha value is -2.25. The Morgan fingerprint density at radius 1 is 1.14 bits per heavy atom. The van der Waals surface area contributed by atoms with Crippen LogP contribution in [0, 0.1) is 5.92 Å². The van der Waals surface area contributed by atoms with Gasteiger partial charge in [-0.2, -0.15) is 0 Å². The summed E-state index contributed by atoms with van der Waals surface area (Å²) in [5.41, 5.74) is 1.55. The molecule has 4 rings (SSSR count). The Morgan fingerprint density at radius 2 is 1.90 bits per heavy atom. The van der Waals surface area contributed by atoms with Crippen LogP contribution < -0.4 is 0 Å². The molecule has 0 aliphatic carbocycles. The normalized spacial score (nSPS) is 16.4. The van der Waals surface area contributed by atoms with Gasteiger partial charge in [-0.05, 0) is 49.1 Å². The van der Waals surface area contributed by atoms with Crippen molar-refractivity contribution in [2.45, 2.75) is 55.4 Å². The van der Waals surface area contributed by atoms with Gasteiger partial charge in [0.1, 0.15) is 5.82 Å². The third kappa shape index (κ3) is 3.94. The van der Waals surface area contributed by atoms with Crippen molar-refractivity contribution in [3.63, 3.8) is 0 Å². The van der Waals surface area contributed by atoms with Gasteiger partial charge in [0, 0.05) is 37.6 Å². The van der Waals surface area contributed by atoms with E-state index in [1.807, 2.05) is 6.07 Å². The lowest BCUT2D eigenvalue weighted by Gasteiger charge is -2.26. The average molecular weight is 414 g/mol. The molecule has 6 nitrogen and oxygen atoms in total. The first-order valence-corrected chi connectivity index (χ1v) is 11.5. The summed E-state index contributed by atoms with van der Waals surface area (Å²) >= 11 is 0. The third-order valence-electron chi connectivity index (χ3n) is 5.43. The van der Waals surface area contributed by atoms with Crippen LogP contribution >= 0.6 is 0 Å². The molecule has 1 saturated heterocycles. The first-order chi connectivity index (χ1) is 13.8. The summed E-state index contributed by atoms with van der Waals surface area (Å²) < 4.78 is 33.8. The molecule has 0 amide bonds. The van der Waals surface area contributed by atoms with Gasteiger partial charge in [-0.25, -0.2) is 13.4 Å². The minimum atomic E-state index is -3.62. The minimum absolute atomic E-state index is 0.146. The van der Waals surface area contributed by atoms with E-state index in [9.17, 15) is 8.42 Å². The van der Waals surface area contributed by atoms with Crippen molar-refractivity contribution in [3.8, 4) is 0 Å². The molecular formula is C22H27N3O3S. The summed E-state index contributed by atoms with van der Waals surface area (Å²) in [6.45, 7) is 8.90. The summed E-state index contributed by atoms with van der Waals surface area (Å²) in [6.07, 6.45) is 5.02. The number of rotatable bonds is 4. The van der Waals surface area contributed by atoms with Crippen LogP contribution in [0.25, 0.3) is 11.0 Å². The van der Waals surface area contributed by atoms with Gasteiger partial charge in [-0.15, -0.1) is 0 Å². The van der Waals surface area contributed by atoms with Crippen molar-refractivity contribution >= 4 is 20.9 Å². The molecule has 3 heterocycles. The fraction of sp³-hybridized carbons (Fsp3) is 0.455. The van der Waals surface area contributed by atoms with Crippen molar-refractivity contribution in [2.24, 2.45) is 5.92 Å². The second kappa shape index (κ2) is 7.54. The summed E-state index contributed by atoms with van der Waals surface area (Å²) in [5, 5.41) is 0. The molecule has 1 fully saturated rings. The first kappa shape index (κ1) is 20.0. The summed E-state index contributed by atoms with van der Waals surface area (Å²) in [5.74, 6) is 1.52. The molecule has 1 aliphatic rings. The van der Waals surface area contributed by atoms with Crippen molar-refractivity contribution in [1.29, 1.82) is 0 Å². The molecular weight excluding hydrogens is 386 g/mol. The van der Waals surface area contributed by atoms with E-state index in [0.29, 0.717) is 11.4 Å². The SMILES string of the molecule is CC(C)(C)c1nc2cc(S(=O)(=O)c3cccnc3)ccc2n1CC1CCOCC1. The Bertz CT molecular complexity index is 1110. The van der Waals surface area contributed by atoms with Crippen LogP contribution in [0.3, 0.4) is 0 Å². The molecule has 3 aromatic rings. The summed E-state index contributed by atoms with van der Waals surface area (Å²) in [7, 11) is -3.62. The predicted molar refractivity (Wildman–Crippen MR) is 112 cm³/mol. The summed E-state index contributed by atoms with van der Waals surface area (Å²) in [4.78, 5) is 9.25. The Morgan fingerprint density at radius 3 is 2.55 bits per heavy atom. The van der Waals surface area contributed by atoms with Crippen LogP contribution in [0.2, 0.25) is 0 Å². The molecule has 0 spiro atoms. The number of hydrogen-bond acceptors (Lipinski definition) is 5. The van der Waals surface area contributed by atoms with E-state index in [2.05, 4.69) is 30.3 Å². The highest BCUT2D eigenvalue weighted by atomic mass is 32.2. The maximum absolute atomic E-state index is 13.0. The van der Waals surface area contributed by atoms with Gasteiger partial charge in [0.25, 0.3) is 0 Å². The Balaban J connectivity index is 1.80. The van der Waals surface area contributed by atoms with E-state index in [4.69, 9.17) is 9.72 Å². The van der Waals surface area contributed by atoms with Crippen LogP contribution in [0.5, 0.6) is 0 Å². The van der Waals surface area contributed by atoms with Crippen molar-refractivity contribution < 1.29 is 13.2 Å². The fourth-order valence-electron chi connectivity index (χ4n) is 3.86. The van der Waals surface area contributed by atoms with Gasteiger partial charge >= 0.3 is 0 Å². The van der Waals surface area contributed by atoms with Gasteiger partial charge in [0.15, 0.2) is 0 Å². The van der Waals surface area contributed by atoms with Gasteiger partial charge in [0.2, 0.25) is 9.84 Å². The highest BCUT2D eigenvalue weighted by Crippen LogP contribution is 2.31. The molecule has 1 aliphatic heterocycles. The van der Waals surface area contributed by atoms with Gasteiger partial charge < -0.3 is 9.30 Å². The van der Waals surface area contributed by atoms with Crippen LogP contribution in [0.15, 0.2) is 52.5 Å². The number of fused-ring (bicyclic) bond motifs is 1. The number of aromatic nitrogens is 3. The average Bonchev–Trinajstić information content (AvgIpc) is 3.08. The number of sulfone groups is 1. The Kier molecular flexibility index (Phi) is 5.21. The number of ether oxygens (including phenoxy) is 1. The van der Waals surface area contributed by atoms with Gasteiger partial charge in [0.05, 0.1) is 20.8 Å². The first-order valence-electron chi connectivity index (χ1n) is 10.0. The quantitative estimate of drug-likeness (QED) is 0.647. The van der Waals surface area contributed by atoms with Crippen molar-refractivity contribution in [2.75, 3.05) is 13.2 Å². The largest absolute Gasteiger partial charge is 0.381 e. The minimum Gasteiger partial charge on any atom is -0.381 e. The second-order valence-corrected chi connectivity index (χ2v) is 10.6. The number of imidazole rings is 1. The second-order valence-electron chi connectivity index (χ2n) is 8.69. The van der Waals surface area contributed by atoms with Crippen molar-refractivity contribution in [1.82, 2.24) is 14.5 Å². The predicted octanol–water partition coefficient (Wildman–Crippen LogP) is 3.99. The van der Waals surface area contributed by atoms with E-state index in [-0.39, 0.29) is 15.2 Å². The van der Waals surface area contributed by atoms with Crippen LogP contribution in [0.1, 0.15) is 39.4 Å². The van der Waals surface area contributed by atoms with Crippen LogP contribution in [-0.2, 0) is 26.5 Å². The standard InChI is InChI=1S/C22H27N3O3S/c1-22(2,3)21-24-19-13-17(29(26,27)18-5-4-10-23-14-18)6-7-20(19)25(21)15-16-8-11-28-12-9-16/h4-7,10,13-14,16H,8-9,11-12,15H2,1-3H3. The molecule has 154 valence electrons. The maximum atomic E-state index is 13.0. The number of pyridine rings is 1. The van der Waals surface area contributed by atoms with Crippen molar-refractivity contribution in [3.05, 3.63) is 48.5 Å². The number of hydrogen-bond donors (Lipinski definition) is 0. The molecule has 0 saturated carbocycles. The number of nitrogens with zero attached hydrogens (tertiary/aromatic N) is 3. The molecule has 0 atom stereocenters. The Labute approximate surface area is 171 Å². The number of benzene rings is 1. The van der Waals surface area contributed by atoms with E-state index in [0.717, 1.165) is 43.9 Å². The lowest BCUT2D eigenvalue weighted by molar-refractivity contribution is 0.0611. The molecule has 29 heavy (non-hydrogen) atoms. The topological polar surface area (TPSA) is 74.1 Å². The maximum Gasteiger partial charge on any atom is 0.208 e. The van der Waals surface area contributed by atoms with Gasteiger partial charge in [-0.1, -0.05) is 20.8 Å². The highest BCUT2D eigenvalue weighted by Gasteiger charge is 2.26. The zero-order chi connectivity index (χ0) is 20.6. The van der Waals surface area contributed by atoms with E-state index >= 15 is 0 Å². The lowest BCUT2D eigenvalue weighted by atomic mass is 9.94. The van der Waals surface area contributed by atoms with E-state index < -0.39 is 9.84 Å². The highest BCUT2D eigenvalue weighted by molar-refractivity contribution is 7.91.